The molecule has 0 aromatic heterocycles. The molecule has 0 amide bonds. The summed E-state index contributed by atoms with van der Waals surface area (Å²) < 4.78 is 24.0. The van der Waals surface area contributed by atoms with Crippen LogP contribution >= 0.6 is 22.6 Å². The van der Waals surface area contributed by atoms with Gasteiger partial charge in [-0.1, -0.05) is 22.6 Å². The van der Waals surface area contributed by atoms with Crippen LogP contribution in [0.2, 0.25) is 0 Å². The minimum Gasteiger partial charge on any atom is -0.497 e. The fraction of sp³-hybridized carbons (Fsp3) is 0.333. The van der Waals surface area contributed by atoms with Crippen LogP contribution in [-0.4, -0.2) is 18.1 Å². The smallest absolute Gasteiger partial charge is 0.168 e. The summed E-state index contributed by atoms with van der Waals surface area (Å²) in [4.78, 5) is 0. The van der Waals surface area contributed by atoms with Crippen molar-refractivity contribution in [2.24, 2.45) is 0 Å². The first kappa shape index (κ1) is 10.6. The Morgan fingerprint density at radius 2 is 2.23 bits per heavy atom. The summed E-state index contributed by atoms with van der Waals surface area (Å²) >= 11 is 2.17. The van der Waals surface area contributed by atoms with Gasteiger partial charge in [0.05, 0.1) is 13.7 Å². The van der Waals surface area contributed by atoms with Crippen LogP contribution in [0.25, 0.3) is 0 Å². The van der Waals surface area contributed by atoms with Gasteiger partial charge in [-0.3, -0.25) is 0 Å². The number of rotatable bonds is 4. The van der Waals surface area contributed by atoms with Crippen LogP contribution in [0.15, 0.2) is 18.2 Å². The average Bonchev–Trinajstić information content (AvgIpc) is 2.16. The van der Waals surface area contributed by atoms with Gasteiger partial charge >= 0.3 is 0 Å². The number of halogens is 2. The Bertz CT molecular complexity index is 278. The first-order valence-electron chi connectivity index (χ1n) is 3.80. The Morgan fingerprint density at radius 1 is 1.46 bits per heavy atom. The Kier molecular flexibility index (Phi) is 4.27. The SMILES string of the molecule is COc1ccc(OCCI)c(F)c1. The van der Waals surface area contributed by atoms with E-state index in [1.54, 1.807) is 12.1 Å². The molecule has 0 spiro atoms. The van der Waals surface area contributed by atoms with Gasteiger partial charge < -0.3 is 9.47 Å². The lowest BCUT2D eigenvalue weighted by Crippen LogP contribution is -1.99. The quantitative estimate of drug-likeness (QED) is 0.628. The fourth-order valence-electron chi connectivity index (χ4n) is 0.874. The molecule has 0 saturated heterocycles. The van der Waals surface area contributed by atoms with E-state index in [0.717, 1.165) is 4.43 Å². The predicted octanol–water partition coefficient (Wildman–Crippen LogP) is 2.65. The number of alkyl halides is 1. The Labute approximate surface area is 90.2 Å². The molecule has 0 radical (unpaired) electrons. The fourth-order valence-corrected chi connectivity index (χ4v) is 1.09. The van der Waals surface area contributed by atoms with Crippen molar-refractivity contribution < 1.29 is 13.9 Å². The number of hydrogen-bond donors (Lipinski definition) is 0. The van der Waals surface area contributed by atoms with E-state index < -0.39 is 0 Å². The largest absolute Gasteiger partial charge is 0.497 e. The van der Waals surface area contributed by atoms with Gasteiger partial charge in [0, 0.05) is 10.5 Å². The number of methoxy groups -OCH3 is 1. The summed E-state index contributed by atoms with van der Waals surface area (Å²) in [6.45, 7) is 0.518. The van der Waals surface area contributed by atoms with Crippen molar-refractivity contribution >= 4 is 22.6 Å². The van der Waals surface area contributed by atoms with Crippen molar-refractivity contribution in [1.82, 2.24) is 0 Å². The van der Waals surface area contributed by atoms with Crippen LogP contribution in [0.4, 0.5) is 4.39 Å². The van der Waals surface area contributed by atoms with Gasteiger partial charge in [-0.15, -0.1) is 0 Å². The zero-order valence-electron chi connectivity index (χ0n) is 7.22. The third-order valence-electron chi connectivity index (χ3n) is 1.47. The van der Waals surface area contributed by atoms with Gasteiger partial charge in [-0.25, -0.2) is 4.39 Å². The summed E-state index contributed by atoms with van der Waals surface area (Å²) in [5.74, 6) is 0.390. The van der Waals surface area contributed by atoms with Crippen molar-refractivity contribution in [2.45, 2.75) is 0 Å². The maximum atomic E-state index is 13.2. The van der Waals surface area contributed by atoms with E-state index >= 15 is 0 Å². The number of ether oxygens (including phenoxy) is 2. The van der Waals surface area contributed by atoms with Crippen LogP contribution in [0.5, 0.6) is 11.5 Å². The molecule has 0 saturated carbocycles. The maximum absolute atomic E-state index is 13.2. The van der Waals surface area contributed by atoms with Crippen LogP contribution in [0, 0.1) is 5.82 Å². The van der Waals surface area contributed by atoms with Crippen LogP contribution in [0.1, 0.15) is 0 Å². The zero-order valence-corrected chi connectivity index (χ0v) is 9.38. The minimum absolute atomic E-state index is 0.275. The van der Waals surface area contributed by atoms with E-state index in [4.69, 9.17) is 9.47 Å². The standard InChI is InChI=1S/C9H10FIO2/c1-12-7-2-3-9(8(10)6-7)13-5-4-11/h2-3,6H,4-5H2,1H3. The highest BCUT2D eigenvalue weighted by Crippen LogP contribution is 2.22. The highest BCUT2D eigenvalue weighted by atomic mass is 127. The summed E-state index contributed by atoms with van der Waals surface area (Å²) in [6.07, 6.45) is 0. The Morgan fingerprint density at radius 3 is 2.77 bits per heavy atom. The molecular weight excluding hydrogens is 286 g/mol. The zero-order chi connectivity index (χ0) is 9.68. The molecule has 0 heterocycles. The molecule has 0 unspecified atom stereocenters. The van der Waals surface area contributed by atoms with E-state index in [0.29, 0.717) is 12.4 Å². The molecule has 0 aliphatic rings. The lowest BCUT2D eigenvalue weighted by Gasteiger charge is -2.06. The number of benzene rings is 1. The highest BCUT2D eigenvalue weighted by Gasteiger charge is 2.03. The first-order valence-corrected chi connectivity index (χ1v) is 5.33. The van der Waals surface area contributed by atoms with Crippen molar-refractivity contribution in [2.75, 3.05) is 18.1 Å². The van der Waals surface area contributed by atoms with Crippen molar-refractivity contribution in [1.29, 1.82) is 0 Å². The lowest BCUT2D eigenvalue weighted by atomic mass is 10.3. The van der Waals surface area contributed by atoms with Crippen molar-refractivity contribution in [3.63, 3.8) is 0 Å². The Hall–Kier alpha value is -0.520. The molecule has 4 heteroatoms. The summed E-state index contributed by atoms with van der Waals surface area (Å²) in [5.41, 5.74) is 0. The second-order valence-corrected chi connectivity index (χ2v) is 3.41. The number of hydrogen-bond acceptors (Lipinski definition) is 2. The van der Waals surface area contributed by atoms with Crippen molar-refractivity contribution in [3.05, 3.63) is 24.0 Å². The molecule has 1 rings (SSSR count). The van der Waals surface area contributed by atoms with Crippen LogP contribution in [0.3, 0.4) is 0 Å². The van der Waals surface area contributed by atoms with E-state index in [9.17, 15) is 4.39 Å². The third-order valence-corrected chi connectivity index (χ3v) is 1.91. The van der Waals surface area contributed by atoms with Crippen LogP contribution in [-0.2, 0) is 0 Å². The summed E-state index contributed by atoms with van der Waals surface area (Å²) in [7, 11) is 1.50. The van der Waals surface area contributed by atoms with Crippen LogP contribution < -0.4 is 9.47 Å². The normalized spacial score (nSPS) is 9.77. The maximum Gasteiger partial charge on any atom is 0.168 e. The molecule has 0 bridgehead atoms. The summed E-state index contributed by atoms with van der Waals surface area (Å²) in [5, 5.41) is 0. The molecule has 13 heavy (non-hydrogen) atoms. The molecule has 2 nitrogen and oxygen atoms in total. The van der Waals surface area contributed by atoms with E-state index in [1.807, 2.05) is 0 Å². The molecule has 72 valence electrons. The second-order valence-electron chi connectivity index (χ2n) is 2.33. The molecule has 1 aromatic carbocycles. The molecule has 0 N–H and O–H groups in total. The monoisotopic (exact) mass is 296 g/mol. The molecule has 0 atom stereocenters. The Balaban J connectivity index is 2.73. The molecule has 0 fully saturated rings. The van der Waals surface area contributed by atoms with Gasteiger partial charge in [0.25, 0.3) is 0 Å². The van der Waals surface area contributed by atoms with Gasteiger partial charge in [0.15, 0.2) is 11.6 Å². The molecule has 0 aliphatic heterocycles. The van der Waals surface area contributed by atoms with Gasteiger partial charge in [-0.2, -0.15) is 0 Å². The highest BCUT2D eigenvalue weighted by molar-refractivity contribution is 14.1. The summed E-state index contributed by atoms with van der Waals surface area (Å²) in [6, 6.07) is 4.55. The third kappa shape index (κ3) is 3.02. The predicted molar refractivity (Wildman–Crippen MR) is 57.3 cm³/mol. The van der Waals surface area contributed by atoms with Gasteiger partial charge in [0.2, 0.25) is 0 Å². The molecule has 0 aliphatic carbocycles. The topological polar surface area (TPSA) is 18.5 Å². The first-order chi connectivity index (χ1) is 6.27. The minimum atomic E-state index is -0.385. The van der Waals surface area contributed by atoms with Gasteiger partial charge in [0.1, 0.15) is 5.75 Å². The van der Waals surface area contributed by atoms with Crippen molar-refractivity contribution in [3.8, 4) is 11.5 Å². The second kappa shape index (κ2) is 5.26. The average molecular weight is 296 g/mol. The molecule has 1 aromatic rings. The van der Waals surface area contributed by atoms with E-state index in [-0.39, 0.29) is 11.6 Å². The molecular formula is C9H10FIO2. The van der Waals surface area contributed by atoms with E-state index in [2.05, 4.69) is 22.6 Å². The van der Waals surface area contributed by atoms with Gasteiger partial charge in [-0.05, 0) is 12.1 Å². The lowest BCUT2D eigenvalue weighted by molar-refractivity contribution is 0.324. The van der Waals surface area contributed by atoms with E-state index in [1.165, 1.54) is 13.2 Å².